The zero-order valence-corrected chi connectivity index (χ0v) is 16.7. The predicted octanol–water partition coefficient (Wildman–Crippen LogP) is 3.48. The molecular formula is C23H30N4O. The number of aryl methyl sites for hydroxylation is 1. The number of aromatic amines is 1. The lowest BCUT2D eigenvalue weighted by Gasteiger charge is -2.50. The van der Waals surface area contributed by atoms with E-state index >= 15 is 0 Å². The highest BCUT2D eigenvalue weighted by Crippen LogP contribution is 2.48. The predicted molar refractivity (Wildman–Crippen MR) is 109 cm³/mol. The molecule has 1 atom stereocenters. The summed E-state index contributed by atoms with van der Waals surface area (Å²) in [6, 6.07) is 11.0. The van der Waals surface area contributed by atoms with Crippen molar-refractivity contribution in [3.63, 3.8) is 0 Å². The van der Waals surface area contributed by atoms with Crippen LogP contribution in [0.25, 0.3) is 0 Å². The number of benzene rings is 1. The van der Waals surface area contributed by atoms with Crippen LogP contribution in [0.2, 0.25) is 0 Å². The summed E-state index contributed by atoms with van der Waals surface area (Å²) in [7, 11) is 0. The number of rotatable bonds is 4. The fourth-order valence-electron chi connectivity index (χ4n) is 5.17. The normalized spacial score (nSPS) is 25.4. The van der Waals surface area contributed by atoms with Gasteiger partial charge in [-0.2, -0.15) is 0 Å². The SMILES string of the molecule is Cc1[nH]cnc1CN1CCC2(CC1)CC(c1ccccc1)C(=O)N(C1CC1)C2. The van der Waals surface area contributed by atoms with Crippen molar-refractivity contribution in [1.82, 2.24) is 19.8 Å². The number of imidazole rings is 1. The number of nitrogens with one attached hydrogen (secondary N) is 1. The summed E-state index contributed by atoms with van der Waals surface area (Å²) in [5, 5.41) is 0. The number of amides is 1. The highest BCUT2D eigenvalue weighted by atomic mass is 16.2. The Kier molecular flexibility index (Phi) is 4.50. The molecule has 2 aliphatic heterocycles. The summed E-state index contributed by atoms with van der Waals surface area (Å²) >= 11 is 0. The first-order valence-electron chi connectivity index (χ1n) is 10.7. The van der Waals surface area contributed by atoms with Crippen LogP contribution in [0.4, 0.5) is 0 Å². The van der Waals surface area contributed by atoms with Crippen LogP contribution in [0.5, 0.6) is 0 Å². The van der Waals surface area contributed by atoms with Gasteiger partial charge in [0, 0.05) is 24.8 Å². The van der Waals surface area contributed by atoms with Crippen molar-refractivity contribution in [1.29, 1.82) is 0 Å². The minimum Gasteiger partial charge on any atom is -0.348 e. The zero-order valence-electron chi connectivity index (χ0n) is 16.7. The topological polar surface area (TPSA) is 52.2 Å². The van der Waals surface area contributed by atoms with E-state index in [-0.39, 0.29) is 11.3 Å². The smallest absolute Gasteiger partial charge is 0.230 e. The van der Waals surface area contributed by atoms with Gasteiger partial charge in [-0.3, -0.25) is 9.69 Å². The molecular weight excluding hydrogens is 348 g/mol. The average Bonchev–Trinajstić information content (AvgIpc) is 3.49. The van der Waals surface area contributed by atoms with Crippen molar-refractivity contribution in [2.75, 3.05) is 19.6 Å². The maximum absolute atomic E-state index is 13.3. The van der Waals surface area contributed by atoms with Crippen LogP contribution in [0, 0.1) is 12.3 Å². The van der Waals surface area contributed by atoms with E-state index in [1.165, 1.54) is 36.9 Å². The molecule has 1 aromatic heterocycles. The van der Waals surface area contributed by atoms with Gasteiger partial charge in [0.15, 0.2) is 0 Å². The van der Waals surface area contributed by atoms with Crippen LogP contribution in [0.1, 0.15) is 55.0 Å². The number of aromatic nitrogens is 2. The summed E-state index contributed by atoms with van der Waals surface area (Å²) in [6.07, 6.45) is 7.53. The van der Waals surface area contributed by atoms with Crippen molar-refractivity contribution in [2.24, 2.45) is 5.41 Å². The Labute approximate surface area is 167 Å². The van der Waals surface area contributed by atoms with Gasteiger partial charge in [-0.1, -0.05) is 30.3 Å². The van der Waals surface area contributed by atoms with E-state index < -0.39 is 0 Å². The monoisotopic (exact) mass is 378 g/mol. The first kappa shape index (κ1) is 17.9. The lowest BCUT2D eigenvalue weighted by atomic mass is 9.67. The molecule has 148 valence electrons. The first-order chi connectivity index (χ1) is 13.6. The van der Waals surface area contributed by atoms with E-state index in [0.717, 1.165) is 38.3 Å². The molecule has 2 saturated heterocycles. The summed E-state index contributed by atoms with van der Waals surface area (Å²) in [6.45, 7) is 6.19. The van der Waals surface area contributed by atoms with Gasteiger partial charge in [-0.05, 0) is 63.1 Å². The molecule has 28 heavy (non-hydrogen) atoms. The maximum atomic E-state index is 13.3. The molecule has 1 amide bonds. The largest absolute Gasteiger partial charge is 0.348 e. The van der Waals surface area contributed by atoms with Crippen LogP contribution < -0.4 is 0 Å². The number of carbonyl (C=O) groups excluding carboxylic acids is 1. The third-order valence-electron chi connectivity index (χ3n) is 7.14. The molecule has 1 aliphatic carbocycles. The summed E-state index contributed by atoms with van der Waals surface area (Å²) < 4.78 is 0. The fraction of sp³-hybridized carbons (Fsp3) is 0.565. The third kappa shape index (κ3) is 3.37. The third-order valence-corrected chi connectivity index (χ3v) is 7.14. The molecule has 5 rings (SSSR count). The number of hydrogen-bond donors (Lipinski definition) is 1. The van der Waals surface area contributed by atoms with E-state index in [0.29, 0.717) is 11.9 Å². The molecule has 5 nitrogen and oxygen atoms in total. The van der Waals surface area contributed by atoms with E-state index in [2.05, 4.69) is 51.0 Å². The molecule has 1 unspecified atom stereocenters. The Morgan fingerprint density at radius 1 is 1.18 bits per heavy atom. The fourth-order valence-corrected chi connectivity index (χ4v) is 5.17. The highest BCUT2D eigenvalue weighted by molar-refractivity contribution is 5.85. The Balaban J connectivity index is 1.33. The second kappa shape index (κ2) is 7.03. The number of piperidine rings is 2. The first-order valence-corrected chi connectivity index (χ1v) is 10.7. The lowest BCUT2D eigenvalue weighted by molar-refractivity contribution is -0.142. The second-order valence-corrected chi connectivity index (χ2v) is 9.12. The van der Waals surface area contributed by atoms with Gasteiger partial charge in [0.1, 0.15) is 0 Å². The van der Waals surface area contributed by atoms with E-state index in [1.54, 1.807) is 6.33 Å². The zero-order chi connectivity index (χ0) is 19.1. The molecule has 0 bridgehead atoms. The minimum absolute atomic E-state index is 0.0377. The Morgan fingerprint density at radius 2 is 1.93 bits per heavy atom. The molecule has 1 spiro atoms. The molecule has 2 aromatic rings. The molecule has 1 N–H and O–H groups in total. The summed E-state index contributed by atoms with van der Waals surface area (Å²) in [5.41, 5.74) is 3.81. The number of H-pyrrole nitrogens is 1. The summed E-state index contributed by atoms with van der Waals surface area (Å²) in [4.78, 5) is 25.7. The minimum atomic E-state index is 0.0377. The molecule has 0 radical (unpaired) electrons. The van der Waals surface area contributed by atoms with Crippen molar-refractivity contribution >= 4 is 5.91 Å². The van der Waals surface area contributed by atoms with Crippen molar-refractivity contribution in [3.8, 4) is 0 Å². The van der Waals surface area contributed by atoms with E-state index in [1.807, 2.05) is 6.07 Å². The van der Waals surface area contributed by atoms with Gasteiger partial charge in [0.25, 0.3) is 0 Å². The number of likely N-dealkylation sites (tertiary alicyclic amines) is 2. The highest BCUT2D eigenvalue weighted by Gasteiger charge is 2.49. The Bertz CT molecular complexity index is 833. The quantitative estimate of drug-likeness (QED) is 0.886. The molecule has 1 aromatic carbocycles. The molecule has 1 saturated carbocycles. The summed E-state index contributed by atoms with van der Waals surface area (Å²) in [5.74, 6) is 0.407. The van der Waals surface area contributed by atoms with Crippen LogP contribution in [-0.4, -0.2) is 51.4 Å². The number of nitrogens with zero attached hydrogens (tertiary/aromatic N) is 3. The van der Waals surface area contributed by atoms with Crippen molar-refractivity contribution in [3.05, 3.63) is 53.6 Å². The van der Waals surface area contributed by atoms with Crippen molar-refractivity contribution in [2.45, 2.75) is 57.5 Å². The van der Waals surface area contributed by atoms with Crippen LogP contribution in [0.15, 0.2) is 36.7 Å². The van der Waals surface area contributed by atoms with Gasteiger partial charge in [0.2, 0.25) is 5.91 Å². The lowest BCUT2D eigenvalue weighted by Crippen LogP contribution is -2.54. The van der Waals surface area contributed by atoms with Gasteiger partial charge < -0.3 is 9.88 Å². The number of carbonyl (C=O) groups is 1. The average molecular weight is 379 g/mol. The van der Waals surface area contributed by atoms with Gasteiger partial charge in [-0.25, -0.2) is 4.98 Å². The molecule has 3 aliphatic rings. The number of hydrogen-bond acceptors (Lipinski definition) is 3. The van der Waals surface area contributed by atoms with Crippen LogP contribution in [-0.2, 0) is 11.3 Å². The molecule has 3 heterocycles. The maximum Gasteiger partial charge on any atom is 0.230 e. The van der Waals surface area contributed by atoms with Crippen LogP contribution in [0.3, 0.4) is 0 Å². The second-order valence-electron chi connectivity index (χ2n) is 9.12. The Hall–Kier alpha value is -2.14. The van der Waals surface area contributed by atoms with Crippen molar-refractivity contribution < 1.29 is 4.79 Å². The van der Waals surface area contributed by atoms with E-state index in [4.69, 9.17) is 0 Å². The van der Waals surface area contributed by atoms with Gasteiger partial charge >= 0.3 is 0 Å². The Morgan fingerprint density at radius 3 is 2.57 bits per heavy atom. The van der Waals surface area contributed by atoms with E-state index in [9.17, 15) is 4.79 Å². The van der Waals surface area contributed by atoms with Gasteiger partial charge in [-0.15, -0.1) is 0 Å². The molecule has 5 heteroatoms. The van der Waals surface area contributed by atoms with Gasteiger partial charge in [0.05, 0.1) is 17.9 Å². The van der Waals surface area contributed by atoms with Crippen LogP contribution >= 0.6 is 0 Å². The molecule has 3 fully saturated rings. The standard InChI is InChI=1S/C23H30N4O/c1-17-21(25-16-24-17)14-26-11-9-23(10-12-26)13-20(18-5-3-2-4-6-18)22(28)27(15-23)19-7-8-19/h2-6,16,19-20H,7-15H2,1H3,(H,24,25).